The first-order valence-corrected chi connectivity index (χ1v) is 8.30. The third-order valence-electron chi connectivity index (χ3n) is 3.67. The van der Waals surface area contributed by atoms with Gasteiger partial charge in [-0.3, -0.25) is 4.79 Å². The van der Waals surface area contributed by atoms with Gasteiger partial charge in [-0.1, -0.05) is 41.9 Å². The van der Waals surface area contributed by atoms with Gasteiger partial charge in [-0.2, -0.15) is 0 Å². The maximum atomic E-state index is 12.2. The lowest BCUT2D eigenvalue weighted by atomic mass is 10.2. The molecule has 0 aliphatic heterocycles. The minimum Gasteiger partial charge on any atom is -0.496 e. The molecule has 1 aromatic heterocycles. The number of rotatable bonds is 6. The second kappa shape index (κ2) is 8.31. The van der Waals surface area contributed by atoms with Crippen LogP contribution in [-0.4, -0.2) is 23.2 Å². The zero-order chi connectivity index (χ0) is 18.4. The summed E-state index contributed by atoms with van der Waals surface area (Å²) >= 11 is 6.03. The van der Waals surface area contributed by atoms with Gasteiger partial charge in [-0.25, -0.2) is 0 Å². The maximum Gasteiger partial charge on any atom is 0.276 e. The number of ether oxygens (including phenoxy) is 1. The van der Waals surface area contributed by atoms with Crippen LogP contribution in [0.1, 0.15) is 16.1 Å². The van der Waals surface area contributed by atoms with E-state index in [9.17, 15) is 4.79 Å². The monoisotopic (exact) mass is 368 g/mol. The molecular weight excluding hydrogens is 352 g/mol. The average molecular weight is 369 g/mol. The van der Waals surface area contributed by atoms with E-state index in [-0.39, 0.29) is 11.6 Å². The van der Waals surface area contributed by atoms with Gasteiger partial charge in [0, 0.05) is 12.1 Å². The van der Waals surface area contributed by atoms with Crippen LogP contribution in [0, 0.1) is 0 Å². The van der Waals surface area contributed by atoms with Crippen molar-refractivity contribution in [3.63, 3.8) is 0 Å². The van der Waals surface area contributed by atoms with Crippen molar-refractivity contribution in [2.75, 3.05) is 17.7 Å². The fraction of sp³-hybridized carbons (Fsp3) is 0.105. The predicted octanol–water partition coefficient (Wildman–Crippen LogP) is 4.00. The standard InChI is InChI=1S/C19H17ClN4O2/c1-26-17-9-5-2-6-13(17)12-21-18-11-10-16(23-24-18)19(25)22-15-8-4-3-7-14(15)20/h2-11H,12H2,1H3,(H,21,24)(H,22,25). The van der Waals surface area contributed by atoms with Gasteiger partial charge in [0.15, 0.2) is 5.69 Å². The topological polar surface area (TPSA) is 76.1 Å². The van der Waals surface area contributed by atoms with Crippen molar-refractivity contribution < 1.29 is 9.53 Å². The molecule has 0 radical (unpaired) electrons. The molecule has 2 aromatic carbocycles. The van der Waals surface area contributed by atoms with Crippen LogP contribution in [0.4, 0.5) is 11.5 Å². The van der Waals surface area contributed by atoms with Crippen LogP contribution in [-0.2, 0) is 6.54 Å². The maximum absolute atomic E-state index is 12.2. The molecule has 2 N–H and O–H groups in total. The summed E-state index contributed by atoms with van der Waals surface area (Å²) in [5, 5.41) is 14.3. The second-order valence-corrected chi connectivity index (χ2v) is 5.81. The van der Waals surface area contributed by atoms with E-state index in [1.165, 1.54) is 0 Å². The van der Waals surface area contributed by atoms with E-state index in [4.69, 9.17) is 16.3 Å². The number of amides is 1. The molecule has 1 heterocycles. The molecule has 1 amide bonds. The van der Waals surface area contributed by atoms with Gasteiger partial charge in [0.2, 0.25) is 0 Å². The first kappa shape index (κ1) is 17.7. The predicted molar refractivity (Wildman–Crippen MR) is 102 cm³/mol. The Labute approximate surface area is 156 Å². The van der Waals surface area contributed by atoms with Crippen molar-refractivity contribution in [2.45, 2.75) is 6.54 Å². The number of methoxy groups -OCH3 is 1. The van der Waals surface area contributed by atoms with Gasteiger partial charge in [-0.05, 0) is 30.3 Å². The summed E-state index contributed by atoms with van der Waals surface area (Å²) in [6.45, 7) is 0.532. The summed E-state index contributed by atoms with van der Waals surface area (Å²) in [6, 6.07) is 18.0. The van der Waals surface area contributed by atoms with Crippen LogP contribution in [0.2, 0.25) is 5.02 Å². The molecule has 7 heteroatoms. The molecule has 3 rings (SSSR count). The zero-order valence-electron chi connectivity index (χ0n) is 14.1. The van der Waals surface area contributed by atoms with Gasteiger partial charge in [0.1, 0.15) is 11.6 Å². The highest BCUT2D eigenvalue weighted by Gasteiger charge is 2.10. The van der Waals surface area contributed by atoms with E-state index < -0.39 is 0 Å². The summed E-state index contributed by atoms with van der Waals surface area (Å²) in [5.74, 6) is 0.982. The van der Waals surface area contributed by atoms with Crippen molar-refractivity contribution in [2.24, 2.45) is 0 Å². The van der Waals surface area contributed by atoms with Gasteiger partial charge in [0.05, 0.1) is 17.8 Å². The number of hydrogen-bond donors (Lipinski definition) is 2. The van der Waals surface area contributed by atoms with Crippen LogP contribution in [0.25, 0.3) is 0 Å². The largest absolute Gasteiger partial charge is 0.496 e. The van der Waals surface area contributed by atoms with E-state index in [1.807, 2.05) is 24.3 Å². The van der Waals surface area contributed by atoms with Crippen LogP contribution in [0.15, 0.2) is 60.7 Å². The highest BCUT2D eigenvalue weighted by atomic mass is 35.5. The van der Waals surface area contributed by atoms with E-state index in [0.29, 0.717) is 23.1 Å². The van der Waals surface area contributed by atoms with Crippen LogP contribution >= 0.6 is 11.6 Å². The summed E-state index contributed by atoms with van der Waals surface area (Å²) in [5.41, 5.74) is 1.73. The first-order chi connectivity index (χ1) is 12.7. The molecular formula is C19H17ClN4O2. The molecule has 3 aromatic rings. The molecule has 0 spiro atoms. The number of benzene rings is 2. The van der Waals surface area contributed by atoms with Crippen LogP contribution in [0.5, 0.6) is 5.75 Å². The summed E-state index contributed by atoms with van der Waals surface area (Å²) in [7, 11) is 1.63. The van der Waals surface area contributed by atoms with E-state index >= 15 is 0 Å². The van der Waals surface area contributed by atoms with E-state index in [0.717, 1.165) is 11.3 Å². The number of halogens is 1. The molecule has 0 atom stereocenters. The molecule has 0 aliphatic rings. The molecule has 0 aliphatic carbocycles. The Kier molecular flexibility index (Phi) is 5.66. The number of nitrogens with one attached hydrogen (secondary N) is 2. The number of nitrogens with zero attached hydrogens (tertiary/aromatic N) is 2. The van der Waals surface area contributed by atoms with Crippen molar-refractivity contribution in [3.8, 4) is 5.75 Å². The van der Waals surface area contributed by atoms with Crippen LogP contribution in [0.3, 0.4) is 0 Å². The Bertz CT molecular complexity index is 900. The molecule has 0 saturated heterocycles. The Morgan fingerprint density at radius 3 is 2.54 bits per heavy atom. The zero-order valence-corrected chi connectivity index (χ0v) is 14.8. The molecule has 0 unspecified atom stereocenters. The Morgan fingerprint density at radius 2 is 1.81 bits per heavy atom. The smallest absolute Gasteiger partial charge is 0.276 e. The Balaban J connectivity index is 1.63. The fourth-order valence-corrected chi connectivity index (χ4v) is 2.51. The molecule has 26 heavy (non-hydrogen) atoms. The third-order valence-corrected chi connectivity index (χ3v) is 4.00. The van der Waals surface area contributed by atoms with E-state index in [1.54, 1.807) is 43.5 Å². The van der Waals surface area contributed by atoms with Crippen molar-refractivity contribution in [3.05, 3.63) is 76.9 Å². The minimum atomic E-state index is -0.373. The number of aromatic nitrogens is 2. The summed E-state index contributed by atoms with van der Waals surface area (Å²) in [4.78, 5) is 12.2. The summed E-state index contributed by atoms with van der Waals surface area (Å²) in [6.07, 6.45) is 0. The second-order valence-electron chi connectivity index (χ2n) is 5.40. The number of anilines is 2. The molecule has 0 fully saturated rings. The summed E-state index contributed by atoms with van der Waals surface area (Å²) < 4.78 is 5.31. The molecule has 132 valence electrons. The normalized spacial score (nSPS) is 10.2. The van der Waals surface area contributed by atoms with Gasteiger partial charge in [-0.15, -0.1) is 10.2 Å². The van der Waals surface area contributed by atoms with Crippen molar-refractivity contribution in [1.82, 2.24) is 10.2 Å². The molecule has 0 bridgehead atoms. The highest BCUT2D eigenvalue weighted by Crippen LogP contribution is 2.21. The average Bonchev–Trinajstić information content (AvgIpc) is 2.68. The van der Waals surface area contributed by atoms with Gasteiger partial charge in [0.25, 0.3) is 5.91 Å². The quantitative estimate of drug-likeness (QED) is 0.687. The number of carbonyl (C=O) groups is 1. The minimum absolute atomic E-state index is 0.202. The Hall–Kier alpha value is -3.12. The molecule has 6 nitrogen and oxygen atoms in total. The SMILES string of the molecule is COc1ccccc1CNc1ccc(C(=O)Nc2ccccc2Cl)nn1. The lowest BCUT2D eigenvalue weighted by Gasteiger charge is -2.10. The number of carbonyl (C=O) groups excluding carboxylic acids is 1. The van der Waals surface area contributed by atoms with Gasteiger partial charge >= 0.3 is 0 Å². The lowest BCUT2D eigenvalue weighted by molar-refractivity contribution is 0.102. The Morgan fingerprint density at radius 1 is 1.04 bits per heavy atom. The number of para-hydroxylation sites is 2. The fourth-order valence-electron chi connectivity index (χ4n) is 2.33. The van der Waals surface area contributed by atoms with Crippen molar-refractivity contribution >= 4 is 29.0 Å². The first-order valence-electron chi connectivity index (χ1n) is 7.93. The van der Waals surface area contributed by atoms with E-state index in [2.05, 4.69) is 20.8 Å². The van der Waals surface area contributed by atoms with Crippen molar-refractivity contribution in [1.29, 1.82) is 0 Å². The molecule has 0 saturated carbocycles. The van der Waals surface area contributed by atoms with Gasteiger partial charge < -0.3 is 15.4 Å². The van der Waals surface area contributed by atoms with Crippen LogP contribution < -0.4 is 15.4 Å². The number of hydrogen-bond acceptors (Lipinski definition) is 5. The highest BCUT2D eigenvalue weighted by molar-refractivity contribution is 6.33. The lowest BCUT2D eigenvalue weighted by Crippen LogP contribution is -2.15. The third kappa shape index (κ3) is 4.29.